The molecule has 1 saturated heterocycles. The predicted molar refractivity (Wildman–Crippen MR) is 63.2 cm³/mol. The molecule has 1 aliphatic heterocycles. The van der Waals surface area contributed by atoms with Crippen molar-refractivity contribution < 1.29 is 14.3 Å². The van der Waals surface area contributed by atoms with Gasteiger partial charge in [0.2, 0.25) is 0 Å². The second-order valence-electron chi connectivity index (χ2n) is 3.93. The van der Waals surface area contributed by atoms with Gasteiger partial charge < -0.3 is 14.5 Å². The summed E-state index contributed by atoms with van der Waals surface area (Å²) in [4.78, 5) is 30.6. The quantitative estimate of drug-likeness (QED) is 0.735. The maximum atomic E-state index is 12.0. The first-order valence-electron chi connectivity index (χ1n) is 5.91. The molecule has 18 heavy (non-hydrogen) atoms. The summed E-state index contributed by atoms with van der Waals surface area (Å²) in [6.45, 7) is 4.16. The fourth-order valence-electron chi connectivity index (χ4n) is 1.83. The molecule has 1 fully saturated rings. The van der Waals surface area contributed by atoms with Crippen molar-refractivity contribution in [3.8, 4) is 0 Å². The van der Waals surface area contributed by atoms with Crippen molar-refractivity contribution in [3.63, 3.8) is 0 Å². The number of hydrogen-bond donors (Lipinski definition) is 0. The second-order valence-corrected chi connectivity index (χ2v) is 3.93. The van der Waals surface area contributed by atoms with Crippen LogP contribution in [0.25, 0.3) is 0 Å². The van der Waals surface area contributed by atoms with Crippen molar-refractivity contribution in [2.75, 3.05) is 32.8 Å². The highest BCUT2D eigenvalue weighted by Gasteiger charge is 2.25. The lowest BCUT2D eigenvalue weighted by Gasteiger charge is -2.33. The lowest BCUT2D eigenvalue weighted by Crippen LogP contribution is -2.51. The van der Waals surface area contributed by atoms with E-state index in [1.807, 2.05) is 0 Å². The Balaban J connectivity index is 1.87. The summed E-state index contributed by atoms with van der Waals surface area (Å²) in [7, 11) is 0. The van der Waals surface area contributed by atoms with Gasteiger partial charge >= 0.3 is 12.1 Å². The summed E-state index contributed by atoms with van der Waals surface area (Å²) in [5, 5.41) is 0. The van der Waals surface area contributed by atoms with E-state index in [1.54, 1.807) is 29.1 Å². The van der Waals surface area contributed by atoms with Crippen LogP contribution in [0, 0.1) is 0 Å². The predicted octanol–water partition coefficient (Wildman–Crippen LogP) is 0.625. The summed E-state index contributed by atoms with van der Waals surface area (Å²) < 4.78 is 6.35. The van der Waals surface area contributed by atoms with E-state index >= 15 is 0 Å². The van der Waals surface area contributed by atoms with E-state index in [0.717, 1.165) is 0 Å². The Labute approximate surface area is 105 Å². The molecule has 0 radical (unpaired) electrons. The smallest absolute Gasteiger partial charge is 0.409 e. The molecule has 0 atom stereocenters. The first-order valence-corrected chi connectivity index (χ1v) is 5.91. The van der Waals surface area contributed by atoms with Crippen LogP contribution in [-0.2, 0) is 4.74 Å². The molecule has 0 unspecified atom stereocenters. The van der Waals surface area contributed by atoms with Gasteiger partial charge in [0.15, 0.2) is 0 Å². The van der Waals surface area contributed by atoms with Gasteiger partial charge in [0, 0.05) is 38.6 Å². The first-order chi connectivity index (χ1) is 8.72. The zero-order valence-corrected chi connectivity index (χ0v) is 10.3. The van der Waals surface area contributed by atoms with Crippen LogP contribution < -0.4 is 0 Å². The lowest BCUT2D eigenvalue weighted by molar-refractivity contribution is 0.0854. The Morgan fingerprint density at radius 2 is 1.89 bits per heavy atom. The minimum absolute atomic E-state index is 0.115. The minimum Gasteiger partial charge on any atom is -0.450 e. The van der Waals surface area contributed by atoms with Crippen molar-refractivity contribution in [2.45, 2.75) is 6.92 Å². The van der Waals surface area contributed by atoms with Gasteiger partial charge in [-0.2, -0.15) is 0 Å². The van der Waals surface area contributed by atoms with E-state index in [2.05, 4.69) is 4.98 Å². The SMILES string of the molecule is CCOC(=O)N1CCN(C(=O)n2ccnc2)CC1. The van der Waals surface area contributed by atoms with E-state index in [9.17, 15) is 9.59 Å². The van der Waals surface area contributed by atoms with Crippen LogP contribution in [0.3, 0.4) is 0 Å². The molecule has 7 heteroatoms. The number of aromatic nitrogens is 2. The Kier molecular flexibility index (Phi) is 3.81. The van der Waals surface area contributed by atoms with Gasteiger partial charge in [-0.1, -0.05) is 0 Å². The topological polar surface area (TPSA) is 67.7 Å². The molecule has 1 aromatic heterocycles. The highest BCUT2D eigenvalue weighted by Crippen LogP contribution is 2.06. The lowest BCUT2D eigenvalue weighted by atomic mass is 10.3. The van der Waals surface area contributed by atoms with Crippen LogP contribution in [0.5, 0.6) is 0 Å². The molecule has 0 saturated carbocycles. The van der Waals surface area contributed by atoms with Crippen molar-refractivity contribution in [1.29, 1.82) is 0 Å². The van der Waals surface area contributed by atoms with Crippen molar-refractivity contribution in [3.05, 3.63) is 18.7 Å². The van der Waals surface area contributed by atoms with Crippen LogP contribution in [0.15, 0.2) is 18.7 Å². The molecule has 0 spiro atoms. The van der Waals surface area contributed by atoms with Crippen LogP contribution in [0.2, 0.25) is 0 Å². The van der Waals surface area contributed by atoms with Crippen molar-refractivity contribution in [1.82, 2.24) is 19.4 Å². The molecule has 1 aromatic rings. The number of amides is 2. The van der Waals surface area contributed by atoms with E-state index in [4.69, 9.17) is 4.74 Å². The standard InChI is InChI=1S/C11H16N4O3/c1-2-18-11(17)14-7-5-13(6-8-14)10(16)15-4-3-12-9-15/h3-4,9H,2,5-8H2,1H3. The monoisotopic (exact) mass is 252 g/mol. The second kappa shape index (κ2) is 5.52. The largest absolute Gasteiger partial charge is 0.450 e. The molecule has 7 nitrogen and oxygen atoms in total. The van der Waals surface area contributed by atoms with Crippen molar-refractivity contribution in [2.24, 2.45) is 0 Å². The number of imidazole rings is 1. The first kappa shape index (κ1) is 12.4. The molecule has 0 aliphatic carbocycles. The zero-order chi connectivity index (χ0) is 13.0. The van der Waals surface area contributed by atoms with Gasteiger partial charge in [-0.25, -0.2) is 14.6 Å². The van der Waals surface area contributed by atoms with Crippen LogP contribution in [0.1, 0.15) is 6.92 Å². The fraction of sp³-hybridized carbons (Fsp3) is 0.545. The highest BCUT2D eigenvalue weighted by molar-refractivity contribution is 5.77. The zero-order valence-electron chi connectivity index (χ0n) is 10.3. The van der Waals surface area contributed by atoms with Gasteiger partial charge in [-0.05, 0) is 6.92 Å². The average molecular weight is 252 g/mol. The third-order valence-corrected chi connectivity index (χ3v) is 2.80. The van der Waals surface area contributed by atoms with Gasteiger partial charge in [0.05, 0.1) is 6.61 Å². The fourth-order valence-corrected chi connectivity index (χ4v) is 1.83. The molecular weight excluding hydrogens is 236 g/mol. The molecular formula is C11H16N4O3. The van der Waals surface area contributed by atoms with Gasteiger partial charge in [-0.15, -0.1) is 0 Å². The minimum atomic E-state index is -0.313. The van der Waals surface area contributed by atoms with Gasteiger partial charge in [0.1, 0.15) is 6.33 Å². The van der Waals surface area contributed by atoms with Crippen LogP contribution in [-0.4, -0.2) is 64.3 Å². The summed E-state index contributed by atoms with van der Waals surface area (Å²) in [5.41, 5.74) is 0. The van der Waals surface area contributed by atoms with Crippen LogP contribution in [0.4, 0.5) is 9.59 Å². The number of nitrogens with zero attached hydrogens (tertiary/aromatic N) is 4. The Hall–Kier alpha value is -2.05. The number of carbonyl (C=O) groups is 2. The Bertz CT molecular complexity index is 410. The molecule has 2 amide bonds. The van der Waals surface area contributed by atoms with Crippen molar-refractivity contribution >= 4 is 12.1 Å². The number of carbonyl (C=O) groups excluding carboxylic acids is 2. The van der Waals surface area contributed by atoms with E-state index in [1.165, 1.54) is 10.9 Å². The van der Waals surface area contributed by atoms with E-state index < -0.39 is 0 Å². The Morgan fingerprint density at radius 3 is 2.44 bits per heavy atom. The third-order valence-electron chi connectivity index (χ3n) is 2.80. The molecule has 2 rings (SSSR count). The number of rotatable bonds is 1. The summed E-state index contributed by atoms with van der Waals surface area (Å²) >= 11 is 0. The number of ether oxygens (including phenoxy) is 1. The van der Waals surface area contributed by atoms with Crippen LogP contribution >= 0.6 is 0 Å². The molecule has 0 aromatic carbocycles. The maximum absolute atomic E-state index is 12.0. The molecule has 1 aliphatic rings. The molecule has 0 bridgehead atoms. The normalized spacial score (nSPS) is 15.6. The summed E-state index contributed by atoms with van der Waals surface area (Å²) in [6, 6.07) is -0.115. The molecule has 0 N–H and O–H groups in total. The highest BCUT2D eigenvalue weighted by atomic mass is 16.6. The molecule has 98 valence electrons. The number of hydrogen-bond acceptors (Lipinski definition) is 4. The van der Waals surface area contributed by atoms with E-state index in [0.29, 0.717) is 32.8 Å². The maximum Gasteiger partial charge on any atom is 0.409 e. The number of piperazine rings is 1. The third kappa shape index (κ3) is 2.61. The Morgan fingerprint density at radius 1 is 1.22 bits per heavy atom. The van der Waals surface area contributed by atoms with Gasteiger partial charge in [0.25, 0.3) is 0 Å². The van der Waals surface area contributed by atoms with Gasteiger partial charge in [-0.3, -0.25) is 4.57 Å². The molecule has 2 heterocycles. The average Bonchev–Trinajstić information content (AvgIpc) is 2.92. The summed E-state index contributed by atoms with van der Waals surface area (Å²) in [5.74, 6) is 0. The van der Waals surface area contributed by atoms with E-state index in [-0.39, 0.29) is 12.1 Å². The summed E-state index contributed by atoms with van der Waals surface area (Å²) in [6.07, 6.45) is 4.33.